The Morgan fingerprint density at radius 3 is 2.92 bits per heavy atom. The fraction of sp³-hybridized carbons (Fsp3) is 0.278. The number of fused-ring (bicyclic) bond motifs is 1. The summed E-state index contributed by atoms with van der Waals surface area (Å²) >= 11 is 0. The van der Waals surface area contributed by atoms with Gasteiger partial charge in [-0.2, -0.15) is 5.10 Å². The highest BCUT2D eigenvalue weighted by Gasteiger charge is 2.38. The van der Waals surface area contributed by atoms with Crippen LogP contribution < -0.4 is 15.8 Å². The molecule has 7 nitrogen and oxygen atoms in total. The largest absolute Gasteiger partial charge is 0.496 e. The smallest absolute Gasteiger partial charge is 0.254 e. The first-order valence-electron chi connectivity index (χ1n) is 8.15. The summed E-state index contributed by atoms with van der Waals surface area (Å²) in [7, 11) is 1.59. The SMILES string of the molecule is COc1ccccc1C1C2=C(CCCC2=O)Nc2c(C(N)=O)cnn21. The van der Waals surface area contributed by atoms with Gasteiger partial charge in [-0.3, -0.25) is 9.59 Å². The third-order valence-corrected chi connectivity index (χ3v) is 4.74. The van der Waals surface area contributed by atoms with Crippen LogP contribution in [0, 0.1) is 0 Å². The second-order valence-electron chi connectivity index (χ2n) is 6.15. The number of carbonyl (C=O) groups excluding carboxylic acids is 2. The van der Waals surface area contributed by atoms with Gasteiger partial charge < -0.3 is 15.8 Å². The maximum Gasteiger partial charge on any atom is 0.254 e. The Hall–Kier alpha value is -3.09. The Morgan fingerprint density at radius 1 is 1.36 bits per heavy atom. The van der Waals surface area contributed by atoms with Gasteiger partial charge in [-0.25, -0.2) is 4.68 Å². The van der Waals surface area contributed by atoms with Crippen LogP contribution in [0.15, 0.2) is 41.7 Å². The molecule has 2 heterocycles. The highest BCUT2D eigenvalue weighted by Crippen LogP contribution is 2.43. The van der Waals surface area contributed by atoms with Crippen molar-refractivity contribution in [3.8, 4) is 5.75 Å². The summed E-state index contributed by atoms with van der Waals surface area (Å²) in [5.41, 5.74) is 8.13. The number of ether oxygens (including phenoxy) is 1. The second kappa shape index (κ2) is 5.77. The minimum atomic E-state index is -0.557. The van der Waals surface area contributed by atoms with Gasteiger partial charge in [0.25, 0.3) is 5.91 Å². The van der Waals surface area contributed by atoms with Crippen molar-refractivity contribution in [3.63, 3.8) is 0 Å². The van der Waals surface area contributed by atoms with Gasteiger partial charge in [0.2, 0.25) is 0 Å². The van der Waals surface area contributed by atoms with E-state index in [0.29, 0.717) is 29.1 Å². The van der Waals surface area contributed by atoms with Crippen molar-refractivity contribution in [1.82, 2.24) is 9.78 Å². The summed E-state index contributed by atoms with van der Waals surface area (Å²) in [5.74, 6) is 0.726. The number of primary amides is 1. The number of carbonyl (C=O) groups is 2. The van der Waals surface area contributed by atoms with Crippen LogP contribution in [-0.4, -0.2) is 28.6 Å². The van der Waals surface area contributed by atoms with Crippen LogP contribution in [0.1, 0.15) is 41.2 Å². The fourth-order valence-corrected chi connectivity index (χ4v) is 3.62. The number of amides is 1. The lowest BCUT2D eigenvalue weighted by molar-refractivity contribution is -0.116. The normalized spacial score (nSPS) is 19.1. The number of ketones is 1. The van der Waals surface area contributed by atoms with Gasteiger partial charge in [0.05, 0.1) is 13.3 Å². The Kier molecular flexibility index (Phi) is 3.56. The molecule has 7 heteroatoms. The zero-order valence-corrected chi connectivity index (χ0v) is 13.8. The van der Waals surface area contributed by atoms with E-state index in [4.69, 9.17) is 10.5 Å². The number of aromatic nitrogens is 2. The molecule has 1 aliphatic heterocycles. The first-order valence-corrected chi connectivity index (χ1v) is 8.15. The Morgan fingerprint density at radius 2 is 2.16 bits per heavy atom. The number of allylic oxidation sites excluding steroid dienone is 2. The average molecular weight is 338 g/mol. The summed E-state index contributed by atoms with van der Waals surface area (Å²) < 4.78 is 7.15. The van der Waals surface area contributed by atoms with Gasteiger partial charge in [-0.1, -0.05) is 18.2 Å². The average Bonchev–Trinajstić information content (AvgIpc) is 3.04. The first kappa shape index (κ1) is 15.4. The molecule has 1 aromatic heterocycles. The first-order chi connectivity index (χ1) is 12.1. The van der Waals surface area contributed by atoms with E-state index in [1.54, 1.807) is 11.8 Å². The molecule has 25 heavy (non-hydrogen) atoms. The third-order valence-electron chi connectivity index (χ3n) is 4.74. The van der Waals surface area contributed by atoms with E-state index in [1.807, 2.05) is 24.3 Å². The number of nitrogens with two attached hydrogens (primary N) is 1. The molecule has 0 saturated heterocycles. The number of hydrogen-bond donors (Lipinski definition) is 2. The summed E-state index contributed by atoms with van der Waals surface area (Å²) in [6, 6.07) is 7.09. The molecule has 0 radical (unpaired) electrons. The predicted octanol–water partition coefficient (Wildman–Crippen LogP) is 2.01. The maximum atomic E-state index is 12.7. The molecule has 3 N–H and O–H groups in total. The van der Waals surface area contributed by atoms with Gasteiger partial charge >= 0.3 is 0 Å². The second-order valence-corrected chi connectivity index (χ2v) is 6.15. The number of hydrogen-bond acceptors (Lipinski definition) is 5. The zero-order valence-electron chi connectivity index (χ0n) is 13.8. The van der Waals surface area contributed by atoms with Gasteiger partial charge in [0.15, 0.2) is 5.78 Å². The summed E-state index contributed by atoms with van der Waals surface area (Å²) in [4.78, 5) is 24.4. The van der Waals surface area contributed by atoms with Gasteiger partial charge in [-0.05, 0) is 18.9 Å². The van der Waals surface area contributed by atoms with Crippen LogP contribution in [0.3, 0.4) is 0 Å². The lowest BCUT2D eigenvalue weighted by Gasteiger charge is -2.33. The van der Waals surface area contributed by atoms with Gasteiger partial charge in [0, 0.05) is 23.3 Å². The van der Waals surface area contributed by atoms with E-state index in [0.717, 1.165) is 24.1 Å². The number of nitrogens with one attached hydrogen (secondary N) is 1. The number of Topliss-reactive ketones (excluding diaryl/α,β-unsaturated/α-hetero) is 1. The van der Waals surface area contributed by atoms with Crippen molar-refractivity contribution in [2.75, 3.05) is 12.4 Å². The summed E-state index contributed by atoms with van der Waals surface area (Å²) in [6.45, 7) is 0. The van der Waals surface area contributed by atoms with Crippen molar-refractivity contribution in [2.24, 2.45) is 5.73 Å². The van der Waals surface area contributed by atoms with Crippen molar-refractivity contribution < 1.29 is 14.3 Å². The van der Waals surface area contributed by atoms with Crippen molar-refractivity contribution >= 4 is 17.5 Å². The minimum Gasteiger partial charge on any atom is -0.496 e. The predicted molar refractivity (Wildman–Crippen MR) is 91.4 cm³/mol. The van der Waals surface area contributed by atoms with Gasteiger partial charge in [-0.15, -0.1) is 0 Å². The fourth-order valence-electron chi connectivity index (χ4n) is 3.62. The lowest BCUT2D eigenvalue weighted by Crippen LogP contribution is -2.32. The Balaban J connectivity index is 1.97. The molecule has 0 fully saturated rings. The highest BCUT2D eigenvalue weighted by atomic mass is 16.5. The molecular weight excluding hydrogens is 320 g/mol. The van der Waals surface area contributed by atoms with Crippen LogP contribution in [-0.2, 0) is 4.79 Å². The van der Waals surface area contributed by atoms with E-state index in [-0.39, 0.29) is 5.78 Å². The van der Waals surface area contributed by atoms with Crippen molar-refractivity contribution in [2.45, 2.75) is 25.3 Å². The number of anilines is 1. The molecule has 0 saturated carbocycles. The molecule has 1 aliphatic carbocycles. The molecule has 2 aromatic rings. The van der Waals surface area contributed by atoms with E-state index < -0.39 is 11.9 Å². The monoisotopic (exact) mass is 338 g/mol. The number of methoxy groups -OCH3 is 1. The van der Waals surface area contributed by atoms with Crippen LogP contribution in [0.4, 0.5) is 5.82 Å². The number of benzene rings is 1. The third kappa shape index (κ3) is 2.31. The quantitative estimate of drug-likeness (QED) is 0.892. The molecule has 4 rings (SSSR count). The molecule has 1 atom stereocenters. The molecule has 1 aromatic carbocycles. The van der Waals surface area contributed by atoms with Crippen LogP contribution in [0.5, 0.6) is 5.75 Å². The highest BCUT2D eigenvalue weighted by molar-refractivity contribution is 6.02. The lowest BCUT2D eigenvalue weighted by atomic mass is 9.85. The molecular formula is C18H18N4O3. The molecule has 1 unspecified atom stereocenters. The zero-order chi connectivity index (χ0) is 17.6. The van der Waals surface area contributed by atoms with Crippen molar-refractivity contribution in [3.05, 3.63) is 52.9 Å². The van der Waals surface area contributed by atoms with E-state index in [9.17, 15) is 9.59 Å². The van der Waals surface area contributed by atoms with E-state index in [2.05, 4.69) is 10.4 Å². The Bertz CT molecular complexity index is 913. The molecule has 0 bridgehead atoms. The van der Waals surface area contributed by atoms with Crippen molar-refractivity contribution in [1.29, 1.82) is 0 Å². The number of rotatable bonds is 3. The minimum absolute atomic E-state index is 0.0893. The number of nitrogens with zero attached hydrogens (tertiary/aromatic N) is 2. The van der Waals surface area contributed by atoms with E-state index >= 15 is 0 Å². The van der Waals surface area contributed by atoms with Gasteiger partial charge in [0.1, 0.15) is 23.2 Å². The topological polar surface area (TPSA) is 99.2 Å². The molecule has 2 aliphatic rings. The summed E-state index contributed by atoms with van der Waals surface area (Å²) in [5, 5.41) is 7.56. The summed E-state index contributed by atoms with van der Waals surface area (Å²) in [6.07, 6.45) is 3.47. The molecule has 1 amide bonds. The van der Waals surface area contributed by atoms with Crippen LogP contribution >= 0.6 is 0 Å². The van der Waals surface area contributed by atoms with Crippen LogP contribution in [0.2, 0.25) is 0 Å². The molecule has 0 spiro atoms. The van der Waals surface area contributed by atoms with E-state index in [1.165, 1.54) is 6.20 Å². The standard InChI is InChI=1S/C18H18N4O3/c1-25-14-8-3-2-5-10(14)16-15-12(6-4-7-13(15)23)21-18-11(17(19)24)9-20-22(16)18/h2-3,5,8-9,16,21H,4,6-7H2,1H3,(H2,19,24). The Labute approximate surface area is 144 Å². The van der Waals surface area contributed by atoms with Crippen LogP contribution in [0.25, 0.3) is 0 Å². The molecule has 128 valence electrons. The number of para-hydroxylation sites is 1. The maximum absolute atomic E-state index is 12.7.